The number of aromatic nitrogens is 13. The molecule has 0 radical (unpaired) electrons. The summed E-state index contributed by atoms with van der Waals surface area (Å²) in [4.78, 5) is 23.8. The molecule has 0 atom stereocenters. The standard InChI is InChI=1S/C25H24N4O.C19H19ClN4O.C19H21N5O.C19H20N4O/c1-16-20-15-19(12-13-21(20)30-28-16)17-8-10-18(11-9-17)23-24(27-25(2,3)4)29-14-6-5-7-22(29)26-23;1-11-14-9-12(5-7-15(14)25-23-11)17-18(22-19(2,3)4)24-10-13(20)6-8-16(24)21-17;1-11-8-16-21-17(18(22-19(3,4)5)24(16)10-20-11)13-6-7-15-14(9-13)12(2)23-25-15;1-12-14-11-13(8-9-15(14)24-22-12)17-18(21-19(2,3)4)23-10-6-5-7-16(23)20-17/h5-15,27H,1-4H3;5-10,22H,1-4H3;6-10,22H,1-5H3;5-11,21H,1-4H3. The molecule has 21 nitrogen and oxygen atoms in total. The molecule has 12 heterocycles. The summed E-state index contributed by atoms with van der Waals surface area (Å²) in [6.07, 6.45) is 7.77. The van der Waals surface area contributed by atoms with Crippen LogP contribution in [0.3, 0.4) is 0 Å². The van der Waals surface area contributed by atoms with Gasteiger partial charge in [0.05, 0.1) is 27.8 Å². The predicted octanol–water partition coefficient (Wildman–Crippen LogP) is 20.7. The Morgan fingerprint density at radius 2 is 0.654 bits per heavy atom. The molecule has 4 N–H and O–H groups in total. The number of nitrogens with one attached hydrogen (secondary N) is 4. The van der Waals surface area contributed by atoms with E-state index in [1.54, 1.807) is 0 Å². The third-order valence-corrected chi connectivity index (χ3v) is 17.4. The summed E-state index contributed by atoms with van der Waals surface area (Å²) in [5.41, 5.74) is 20.9. The van der Waals surface area contributed by atoms with E-state index in [9.17, 15) is 0 Å². The van der Waals surface area contributed by atoms with E-state index in [4.69, 9.17) is 49.6 Å². The predicted molar refractivity (Wildman–Crippen MR) is 418 cm³/mol. The van der Waals surface area contributed by atoms with Gasteiger partial charge in [-0.1, -0.05) is 74.7 Å². The van der Waals surface area contributed by atoms with Crippen molar-refractivity contribution in [2.75, 3.05) is 21.3 Å². The molecule has 104 heavy (non-hydrogen) atoms. The number of halogens is 1. The molecule has 528 valence electrons. The minimum absolute atomic E-state index is 0.0717. The molecule has 0 aliphatic carbocycles. The third-order valence-electron chi connectivity index (χ3n) is 17.2. The molecular formula is C82H84ClN17O4. The average Bonchev–Trinajstić information content (AvgIpc) is 1.71. The molecule has 0 bridgehead atoms. The van der Waals surface area contributed by atoms with Crippen LogP contribution in [0, 0.1) is 34.6 Å². The van der Waals surface area contributed by atoms with Gasteiger partial charge in [-0.2, -0.15) is 0 Å². The zero-order chi connectivity index (χ0) is 73.3. The Bertz CT molecular complexity index is 5950. The van der Waals surface area contributed by atoms with Crippen LogP contribution in [0.5, 0.6) is 0 Å². The Kier molecular flexibility index (Phi) is 17.9. The first-order valence-corrected chi connectivity index (χ1v) is 35.0. The van der Waals surface area contributed by atoms with Crippen molar-refractivity contribution in [2.24, 2.45) is 0 Å². The number of anilines is 4. The second-order valence-corrected chi connectivity index (χ2v) is 30.9. The van der Waals surface area contributed by atoms with Gasteiger partial charge in [0.15, 0.2) is 22.3 Å². The summed E-state index contributed by atoms with van der Waals surface area (Å²) < 4.78 is 29.5. The van der Waals surface area contributed by atoms with Gasteiger partial charge in [-0.25, -0.2) is 24.9 Å². The van der Waals surface area contributed by atoms with Crippen molar-refractivity contribution in [1.82, 2.24) is 63.1 Å². The number of aryl methyl sites for hydroxylation is 5. The van der Waals surface area contributed by atoms with Crippen LogP contribution in [-0.4, -0.2) is 85.3 Å². The normalized spacial score (nSPS) is 12.1. The zero-order valence-electron chi connectivity index (χ0n) is 61.6. The van der Waals surface area contributed by atoms with Crippen LogP contribution in [0.15, 0.2) is 195 Å². The summed E-state index contributed by atoms with van der Waals surface area (Å²) in [5.74, 6) is 3.85. The largest absolute Gasteiger partial charge is 0.365 e. The Morgan fingerprint density at radius 1 is 0.327 bits per heavy atom. The van der Waals surface area contributed by atoms with Crippen LogP contribution in [0.4, 0.5) is 23.3 Å². The maximum absolute atomic E-state index is 6.20. The van der Waals surface area contributed by atoms with Gasteiger partial charge in [-0.3, -0.25) is 17.6 Å². The molecule has 0 fully saturated rings. The van der Waals surface area contributed by atoms with Gasteiger partial charge in [-0.05, 0) is 232 Å². The Balaban J connectivity index is 0.000000117. The number of hydrogen-bond donors (Lipinski definition) is 4. The SMILES string of the molecule is Cc1cc2nc(-c3ccc4onc(C)c4c3)c(NC(C)(C)C)n2cn1.Cc1noc2ccc(-c3ccc(-c4nc5ccccn5c4NC(C)(C)C)cc3)cc12.Cc1noc2ccc(-c3nc4ccc(Cl)cn4c3NC(C)(C)C)cc12.Cc1noc2ccc(-c3nc4ccccn4c3NC(C)(C)C)cc12. The molecule has 22 heteroatoms. The van der Waals surface area contributed by atoms with E-state index in [1.807, 2.05) is 165 Å². The molecule has 0 saturated heterocycles. The first-order valence-electron chi connectivity index (χ1n) is 34.6. The number of hydrogen-bond acceptors (Lipinski definition) is 17. The smallest absolute Gasteiger partial charge is 0.167 e. The molecule has 17 rings (SSSR count). The molecule has 0 spiro atoms. The highest BCUT2D eigenvalue weighted by atomic mass is 35.5. The molecule has 0 unspecified atom stereocenters. The summed E-state index contributed by atoms with van der Waals surface area (Å²) in [6, 6.07) is 50.7. The number of fused-ring (bicyclic) bond motifs is 8. The lowest BCUT2D eigenvalue weighted by Gasteiger charge is -2.22. The van der Waals surface area contributed by atoms with Crippen molar-refractivity contribution < 1.29 is 18.1 Å². The van der Waals surface area contributed by atoms with Crippen LogP contribution < -0.4 is 21.3 Å². The second-order valence-electron chi connectivity index (χ2n) is 30.4. The van der Waals surface area contributed by atoms with E-state index in [2.05, 4.69) is 193 Å². The van der Waals surface area contributed by atoms with E-state index in [1.165, 1.54) is 0 Å². The van der Waals surface area contributed by atoms with Gasteiger partial charge < -0.3 is 39.4 Å². The molecule has 5 aromatic carbocycles. The Morgan fingerprint density at radius 3 is 1.06 bits per heavy atom. The fourth-order valence-electron chi connectivity index (χ4n) is 12.4. The maximum atomic E-state index is 6.20. The Labute approximate surface area is 606 Å². The summed E-state index contributed by atoms with van der Waals surface area (Å²) in [6.45, 7) is 35.4. The van der Waals surface area contributed by atoms with Crippen molar-refractivity contribution in [3.05, 3.63) is 210 Å². The minimum Gasteiger partial charge on any atom is -0.365 e. The second kappa shape index (κ2) is 26.8. The lowest BCUT2D eigenvalue weighted by molar-refractivity contribution is 0.450. The molecule has 0 amide bonds. The highest BCUT2D eigenvalue weighted by Gasteiger charge is 2.26. The fraction of sp³-hybridized carbons (Fsp3) is 0.256. The lowest BCUT2D eigenvalue weighted by atomic mass is 10.0. The van der Waals surface area contributed by atoms with Crippen LogP contribution in [0.2, 0.25) is 5.02 Å². The van der Waals surface area contributed by atoms with Crippen molar-refractivity contribution in [3.63, 3.8) is 0 Å². The monoisotopic (exact) mass is 1410 g/mol. The van der Waals surface area contributed by atoms with Gasteiger partial charge >= 0.3 is 0 Å². The van der Waals surface area contributed by atoms with Crippen molar-refractivity contribution in [3.8, 4) is 56.2 Å². The van der Waals surface area contributed by atoms with Crippen LogP contribution in [0.25, 0.3) is 123 Å². The first-order chi connectivity index (χ1) is 49.4. The highest BCUT2D eigenvalue weighted by Crippen LogP contribution is 2.39. The van der Waals surface area contributed by atoms with Gasteiger partial charge in [0, 0.05) is 96.3 Å². The lowest BCUT2D eigenvalue weighted by Crippen LogP contribution is -2.27. The Hall–Kier alpha value is -11.8. The number of rotatable bonds is 9. The zero-order valence-corrected chi connectivity index (χ0v) is 62.3. The summed E-state index contributed by atoms with van der Waals surface area (Å²) >= 11 is 6.20. The number of pyridine rings is 3. The summed E-state index contributed by atoms with van der Waals surface area (Å²) in [5, 5.41) is 35.2. The summed E-state index contributed by atoms with van der Waals surface area (Å²) in [7, 11) is 0. The molecule has 12 aromatic heterocycles. The van der Waals surface area contributed by atoms with Gasteiger partial charge in [0.2, 0.25) is 0 Å². The van der Waals surface area contributed by atoms with Crippen LogP contribution >= 0.6 is 11.6 Å². The first kappa shape index (κ1) is 69.3. The van der Waals surface area contributed by atoms with E-state index < -0.39 is 0 Å². The van der Waals surface area contributed by atoms with Crippen molar-refractivity contribution in [2.45, 2.75) is 140 Å². The van der Waals surface area contributed by atoms with Crippen LogP contribution in [-0.2, 0) is 0 Å². The quantitative estimate of drug-likeness (QED) is 0.105. The van der Waals surface area contributed by atoms with Crippen molar-refractivity contribution in [1.29, 1.82) is 0 Å². The minimum atomic E-state index is -0.121. The fourth-order valence-corrected chi connectivity index (χ4v) is 12.6. The number of imidazole rings is 4. The van der Waals surface area contributed by atoms with Crippen molar-refractivity contribution >= 4 is 101 Å². The van der Waals surface area contributed by atoms with Gasteiger partial charge in [0.1, 0.15) is 75.0 Å². The van der Waals surface area contributed by atoms with Crippen LogP contribution in [0.1, 0.15) is 112 Å². The van der Waals surface area contributed by atoms with Gasteiger partial charge in [0.25, 0.3) is 0 Å². The maximum Gasteiger partial charge on any atom is 0.167 e. The molecule has 17 aromatic rings. The molecule has 0 saturated carbocycles. The average molecular weight is 1410 g/mol. The number of nitrogens with zero attached hydrogens (tertiary/aromatic N) is 13. The van der Waals surface area contributed by atoms with E-state index in [-0.39, 0.29) is 22.2 Å². The third kappa shape index (κ3) is 14.5. The van der Waals surface area contributed by atoms with Gasteiger partial charge in [-0.15, -0.1) is 0 Å². The topological polar surface area (TPSA) is 234 Å². The molecule has 0 aliphatic heterocycles. The van der Waals surface area contributed by atoms with E-state index in [0.717, 1.165) is 174 Å². The highest BCUT2D eigenvalue weighted by molar-refractivity contribution is 6.30. The van der Waals surface area contributed by atoms with E-state index >= 15 is 0 Å². The molecule has 0 aliphatic rings. The number of benzene rings is 5. The van der Waals surface area contributed by atoms with E-state index in [0.29, 0.717) is 5.02 Å². The molecular weight excluding hydrogens is 1320 g/mol.